The largest absolute Gasteiger partial charge is 0.403 e. The molecule has 2 aromatic heterocycles. The summed E-state index contributed by atoms with van der Waals surface area (Å²) in [6, 6.07) is 9.56. The summed E-state index contributed by atoms with van der Waals surface area (Å²) in [5.41, 5.74) is 2.69. The molecule has 3 rings (SSSR count). The third-order valence-corrected chi connectivity index (χ3v) is 4.84. The number of amides is 1. The number of anilines is 1. The number of hydrogen-bond donors (Lipinski definition) is 1. The minimum atomic E-state index is -0.233. The van der Waals surface area contributed by atoms with Crippen LogP contribution in [-0.2, 0) is 17.6 Å². The van der Waals surface area contributed by atoms with Gasteiger partial charge in [-0.1, -0.05) is 59.5 Å². The smallest absolute Gasteiger partial charge is 0.322 e. The molecule has 1 aromatic carbocycles. The zero-order chi connectivity index (χ0) is 17.1. The van der Waals surface area contributed by atoms with Gasteiger partial charge in [0.2, 0.25) is 5.91 Å². The second-order valence-electron chi connectivity index (χ2n) is 5.05. The molecule has 0 saturated carbocycles. The summed E-state index contributed by atoms with van der Waals surface area (Å²) >= 11 is 13.1. The number of nitrogens with one attached hydrogen (secondary N) is 1. The van der Waals surface area contributed by atoms with E-state index >= 15 is 0 Å². The summed E-state index contributed by atoms with van der Waals surface area (Å²) in [4.78, 5) is 12.1. The van der Waals surface area contributed by atoms with Crippen LogP contribution in [0.1, 0.15) is 18.1 Å². The Hall–Kier alpha value is -1.89. The van der Waals surface area contributed by atoms with Gasteiger partial charge in [-0.2, -0.15) is 0 Å². The summed E-state index contributed by atoms with van der Waals surface area (Å²) in [6.45, 7) is 2.09. The molecule has 1 N–H and O–H groups in total. The van der Waals surface area contributed by atoms with Gasteiger partial charge in [0.15, 0.2) is 0 Å². The standard InChI is InChI=1S/C16H13Cl2N3O2S/c1-2-9-3-5-10(6-4-9)7-13(22)19-16-21-20-15(23-16)11-8-12(17)24-14(11)18/h3-6,8H,2,7H2,1H3,(H,19,21,22). The fraction of sp³-hybridized carbons (Fsp3) is 0.188. The van der Waals surface area contributed by atoms with Crippen LogP contribution in [0.2, 0.25) is 8.67 Å². The Bertz CT molecular complexity index is 859. The van der Waals surface area contributed by atoms with Crippen LogP contribution in [-0.4, -0.2) is 16.1 Å². The van der Waals surface area contributed by atoms with E-state index in [0.29, 0.717) is 14.2 Å². The van der Waals surface area contributed by atoms with Crippen molar-refractivity contribution in [2.24, 2.45) is 0 Å². The van der Waals surface area contributed by atoms with Gasteiger partial charge in [0.05, 0.1) is 16.3 Å². The van der Waals surface area contributed by atoms with Crippen molar-refractivity contribution in [3.05, 3.63) is 50.1 Å². The lowest BCUT2D eigenvalue weighted by molar-refractivity contribution is -0.115. The maximum atomic E-state index is 12.1. The number of carbonyl (C=O) groups is 1. The fourth-order valence-corrected chi connectivity index (χ4v) is 3.56. The van der Waals surface area contributed by atoms with E-state index in [0.717, 1.165) is 12.0 Å². The van der Waals surface area contributed by atoms with Gasteiger partial charge < -0.3 is 4.42 Å². The highest BCUT2D eigenvalue weighted by Crippen LogP contribution is 2.37. The van der Waals surface area contributed by atoms with Crippen molar-refractivity contribution in [3.8, 4) is 11.5 Å². The van der Waals surface area contributed by atoms with Gasteiger partial charge in [-0.25, -0.2) is 0 Å². The van der Waals surface area contributed by atoms with Crippen LogP contribution in [0.4, 0.5) is 6.01 Å². The predicted octanol–water partition coefficient (Wildman–Crippen LogP) is 4.85. The van der Waals surface area contributed by atoms with E-state index in [9.17, 15) is 4.79 Å². The van der Waals surface area contributed by atoms with Gasteiger partial charge in [-0.3, -0.25) is 10.1 Å². The number of nitrogens with zero attached hydrogens (tertiary/aromatic N) is 2. The Kier molecular flexibility index (Phi) is 5.18. The molecule has 3 aromatic rings. The molecule has 2 heterocycles. The third-order valence-electron chi connectivity index (χ3n) is 3.35. The van der Waals surface area contributed by atoms with Gasteiger partial charge in [-0.15, -0.1) is 16.4 Å². The summed E-state index contributed by atoms with van der Waals surface area (Å²) in [6.07, 6.45) is 1.19. The molecule has 0 aliphatic carbocycles. The lowest BCUT2D eigenvalue weighted by Gasteiger charge is -2.02. The quantitative estimate of drug-likeness (QED) is 0.685. The molecule has 1 amide bonds. The molecular formula is C16H13Cl2N3O2S. The first-order valence-electron chi connectivity index (χ1n) is 7.21. The zero-order valence-electron chi connectivity index (χ0n) is 12.7. The van der Waals surface area contributed by atoms with Gasteiger partial charge >= 0.3 is 6.01 Å². The molecular weight excluding hydrogens is 369 g/mol. The Morgan fingerprint density at radius 1 is 1.21 bits per heavy atom. The number of hydrogen-bond acceptors (Lipinski definition) is 5. The topological polar surface area (TPSA) is 68.0 Å². The van der Waals surface area contributed by atoms with Crippen molar-refractivity contribution in [2.45, 2.75) is 19.8 Å². The average Bonchev–Trinajstić information content (AvgIpc) is 3.14. The minimum absolute atomic E-state index is 0.0265. The van der Waals surface area contributed by atoms with Gasteiger partial charge in [0, 0.05) is 0 Å². The lowest BCUT2D eigenvalue weighted by atomic mass is 10.1. The number of carbonyl (C=O) groups excluding carboxylic acids is 1. The van der Waals surface area contributed by atoms with Crippen molar-refractivity contribution >= 4 is 46.5 Å². The molecule has 0 atom stereocenters. The molecule has 0 spiro atoms. The normalized spacial score (nSPS) is 10.8. The summed E-state index contributed by atoms with van der Waals surface area (Å²) in [5.74, 6) is -0.0188. The van der Waals surface area contributed by atoms with Crippen molar-refractivity contribution in [1.29, 1.82) is 0 Å². The highest BCUT2D eigenvalue weighted by atomic mass is 35.5. The van der Waals surface area contributed by atoms with Crippen LogP contribution in [0.3, 0.4) is 0 Å². The van der Waals surface area contributed by atoms with E-state index < -0.39 is 0 Å². The second kappa shape index (κ2) is 7.34. The molecule has 0 unspecified atom stereocenters. The van der Waals surface area contributed by atoms with Gasteiger partial charge in [0.1, 0.15) is 4.34 Å². The molecule has 0 bridgehead atoms. The maximum Gasteiger partial charge on any atom is 0.322 e. The SMILES string of the molecule is CCc1ccc(CC(=O)Nc2nnc(-c3cc(Cl)sc3Cl)o2)cc1. The number of aromatic nitrogens is 2. The van der Waals surface area contributed by atoms with Crippen molar-refractivity contribution < 1.29 is 9.21 Å². The Morgan fingerprint density at radius 3 is 2.54 bits per heavy atom. The molecule has 8 heteroatoms. The average molecular weight is 382 g/mol. The first kappa shape index (κ1) is 17.0. The van der Waals surface area contributed by atoms with Crippen LogP contribution in [0, 0.1) is 0 Å². The molecule has 0 aliphatic rings. The molecule has 0 aliphatic heterocycles. The molecule has 0 fully saturated rings. The molecule has 0 saturated heterocycles. The lowest BCUT2D eigenvalue weighted by Crippen LogP contribution is -2.14. The molecule has 24 heavy (non-hydrogen) atoms. The first-order chi connectivity index (χ1) is 11.5. The second-order valence-corrected chi connectivity index (χ2v) is 7.33. The van der Waals surface area contributed by atoms with E-state index in [-0.39, 0.29) is 24.2 Å². The molecule has 5 nitrogen and oxygen atoms in total. The molecule has 0 radical (unpaired) electrons. The minimum Gasteiger partial charge on any atom is -0.403 e. The number of benzene rings is 1. The zero-order valence-corrected chi connectivity index (χ0v) is 15.0. The van der Waals surface area contributed by atoms with Crippen molar-refractivity contribution in [1.82, 2.24) is 10.2 Å². The van der Waals surface area contributed by atoms with E-state index in [2.05, 4.69) is 22.4 Å². The summed E-state index contributed by atoms with van der Waals surface area (Å²) in [5, 5.41) is 10.3. The third kappa shape index (κ3) is 3.95. The number of thiophene rings is 1. The van der Waals surface area contributed by atoms with Crippen LogP contribution >= 0.6 is 34.5 Å². The van der Waals surface area contributed by atoms with Crippen LogP contribution in [0.5, 0.6) is 0 Å². The maximum absolute atomic E-state index is 12.1. The Morgan fingerprint density at radius 2 is 1.92 bits per heavy atom. The van der Waals surface area contributed by atoms with Crippen molar-refractivity contribution in [3.63, 3.8) is 0 Å². The van der Waals surface area contributed by atoms with Crippen LogP contribution in [0.25, 0.3) is 11.5 Å². The summed E-state index contributed by atoms with van der Waals surface area (Å²) < 4.78 is 6.40. The van der Waals surface area contributed by atoms with Crippen molar-refractivity contribution in [2.75, 3.05) is 5.32 Å². The van der Waals surface area contributed by atoms with Crippen LogP contribution in [0.15, 0.2) is 34.7 Å². The highest BCUT2D eigenvalue weighted by molar-refractivity contribution is 7.20. The van der Waals surface area contributed by atoms with Gasteiger partial charge in [-0.05, 0) is 23.6 Å². The molecule has 124 valence electrons. The Balaban J connectivity index is 1.65. The summed E-state index contributed by atoms with van der Waals surface area (Å²) in [7, 11) is 0. The monoisotopic (exact) mass is 381 g/mol. The first-order valence-corrected chi connectivity index (χ1v) is 8.78. The number of rotatable bonds is 5. The Labute approximate surface area is 152 Å². The van der Waals surface area contributed by atoms with Gasteiger partial charge in [0.25, 0.3) is 5.89 Å². The van der Waals surface area contributed by atoms with E-state index in [1.54, 1.807) is 6.07 Å². The predicted molar refractivity (Wildman–Crippen MR) is 95.8 cm³/mol. The number of aryl methyl sites for hydroxylation is 1. The highest BCUT2D eigenvalue weighted by Gasteiger charge is 2.16. The fourth-order valence-electron chi connectivity index (χ4n) is 2.11. The van der Waals surface area contributed by atoms with Crippen LogP contribution < -0.4 is 5.32 Å². The number of halogens is 2. The van der Waals surface area contributed by atoms with E-state index in [1.807, 2.05) is 24.3 Å². The van der Waals surface area contributed by atoms with E-state index in [1.165, 1.54) is 16.9 Å². The van der Waals surface area contributed by atoms with E-state index in [4.69, 9.17) is 27.6 Å².